The van der Waals surface area contributed by atoms with Crippen molar-refractivity contribution in [3.63, 3.8) is 0 Å². The highest BCUT2D eigenvalue weighted by Crippen LogP contribution is 2.27. The monoisotopic (exact) mass is 399 g/mol. The number of benzene rings is 2. The van der Waals surface area contributed by atoms with E-state index >= 15 is 0 Å². The average molecular weight is 401 g/mol. The lowest BCUT2D eigenvalue weighted by molar-refractivity contribution is -0.136. The predicted molar refractivity (Wildman–Crippen MR) is 98.8 cm³/mol. The molecule has 0 fully saturated rings. The van der Waals surface area contributed by atoms with E-state index in [0.29, 0.717) is 21.4 Å². The lowest BCUT2D eigenvalue weighted by atomic mass is 10.2. The molecule has 0 spiro atoms. The average Bonchev–Trinajstić information content (AvgIpc) is 2.58. The number of rotatable bonds is 4. The van der Waals surface area contributed by atoms with Gasteiger partial charge in [-0.3, -0.25) is 9.59 Å². The summed E-state index contributed by atoms with van der Waals surface area (Å²) in [7, 11) is 1.43. The SMILES string of the molecule is COc1ccc(Cl)cc1NC(=O)C(=O)NN=Cc1cccc(Cl)c1Cl. The van der Waals surface area contributed by atoms with Crippen molar-refractivity contribution in [3.8, 4) is 5.75 Å². The van der Waals surface area contributed by atoms with Crippen LogP contribution in [0.2, 0.25) is 15.1 Å². The maximum absolute atomic E-state index is 11.9. The van der Waals surface area contributed by atoms with Gasteiger partial charge in [-0.15, -0.1) is 0 Å². The van der Waals surface area contributed by atoms with Crippen LogP contribution >= 0.6 is 34.8 Å². The van der Waals surface area contributed by atoms with Crippen molar-refractivity contribution >= 4 is 58.5 Å². The molecule has 0 saturated heterocycles. The first-order chi connectivity index (χ1) is 11.9. The fourth-order valence-electron chi connectivity index (χ4n) is 1.79. The molecule has 0 saturated carbocycles. The van der Waals surface area contributed by atoms with Crippen molar-refractivity contribution < 1.29 is 14.3 Å². The number of amides is 2. The van der Waals surface area contributed by atoms with E-state index in [-0.39, 0.29) is 10.7 Å². The predicted octanol–water partition coefficient (Wildman–Crippen LogP) is 3.74. The number of nitrogens with one attached hydrogen (secondary N) is 2. The van der Waals surface area contributed by atoms with Gasteiger partial charge in [0.15, 0.2) is 0 Å². The van der Waals surface area contributed by atoms with Crippen LogP contribution in [0.3, 0.4) is 0 Å². The minimum atomic E-state index is -0.976. The van der Waals surface area contributed by atoms with E-state index in [0.717, 1.165) is 0 Å². The molecule has 0 heterocycles. The minimum absolute atomic E-state index is 0.261. The van der Waals surface area contributed by atoms with Crippen LogP contribution in [0.5, 0.6) is 5.75 Å². The Bertz CT molecular complexity index is 841. The molecule has 2 amide bonds. The Hall–Kier alpha value is -2.28. The number of ether oxygens (including phenoxy) is 1. The Balaban J connectivity index is 2.01. The molecule has 0 aliphatic carbocycles. The quantitative estimate of drug-likeness (QED) is 0.466. The van der Waals surface area contributed by atoms with E-state index in [9.17, 15) is 9.59 Å². The Morgan fingerprint density at radius 1 is 1.12 bits per heavy atom. The van der Waals surface area contributed by atoms with Gasteiger partial charge in [-0.25, -0.2) is 5.43 Å². The van der Waals surface area contributed by atoms with Crippen LogP contribution in [-0.2, 0) is 9.59 Å². The first kappa shape index (κ1) is 19.1. The van der Waals surface area contributed by atoms with Crippen molar-refractivity contribution in [2.75, 3.05) is 12.4 Å². The highest BCUT2D eigenvalue weighted by Gasteiger charge is 2.15. The summed E-state index contributed by atoms with van der Waals surface area (Å²) in [4.78, 5) is 23.7. The smallest absolute Gasteiger partial charge is 0.329 e. The molecule has 0 bridgehead atoms. The Morgan fingerprint density at radius 2 is 1.88 bits per heavy atom. The second-order valence-corrected chi connectivity index (χ2v) is 5.86. The number of carbonyl (C=O) groups is 2. The zero-order chi connectivity index (χ0) is 18.4. The van der Waals surface area contributed by atoms with Gasteiger partial charge >= 0.3 is 11.8 Å². The lowest BCUT2D eigenvalue weighted by Crippen LogP contribution is -2.32. The molecule has 2 aromatic rings. The number of methoxy groups -OCH3 is 1. The third-order valence-corrected chi connectivity index (χ3v) is 4.04. The van der Waals surface area contributed by atoms with Crippen LogP contribution in [0.1, 0.15) is 5.56 Å². The summed E-state index contributed by atoms with van der Waals surface area (Å²) in [5.74, 6) is -1.55. The van der Waals surface area contributed by atoms with Crippen LogP contribution in [0.4, 0.5) is 5.69 Å². The van der Waals surface area contributed by atoms with Crippen LogP contribution in [0.15, 0.2) is 41.5 Å². The maximum Gasteiger partial charge on any atom is 0.329 e. The summed E-state index contributed by atoms with van der Waals surface area (Å²) in [5, 5.41) is 7.09. The Kier molecular flexibility index (Phi) is 6.64. The van der Waals surface area contributed by atoms with Gasteiger partial charge in [-0.1, -0.05) is 46.9 Å². The van der Waals surface area contributed by atoms with E-state index < -0.39 is 11.8 Å². The molecule has 0 aliphatic rings. The summed E-state index contributed by atoms with van der Waals surface area (Å²) in [6.45, 7) is 0. The highest BCUT2D eigenvalue weighted by molar-refractivity contribution is 6.43. The number of hydrogen-bond donors (Lipinski definition) is 2. The van der Waals surface area contributed by atoms with Gasteiger partial charge in [-0.2, -0.15) is 5.10 Å². The Labute approximate surface area is 158 Å². The molecule has 0 atom stereocenters. The maximum atomic E-state index is 11.9. The molecule has 2 rings (SSSR count). The van der Waals surface area contributed by atoms with Gasteiger partial charge < -0.3 is 10.1 Å². The molecule has 0 radical (unpaired) electrons. The number of anilines is 1. The number of nitrogens with zero attached hydrogens (tertiary/aromatic N) is 1. The summed E-state index contributed by atoms with van der Waals surface area (Å²) < 4.78 is 5.08. The highest BCUT2D eigenvalue weighted by atomic mass is 35.5. The molecule has 9 heteroatoms. The second kappa shape index (κ2) is 8.71. The van der Waals surface area contributed by atoms with Crippen LogP contribution in [0.25, 0.3) is 0 Å². The molecule has 130 valence electrons. The number of halogens is 3. The summed E-state index contributed by atoms with van der Waals surface area (Å²) in [6, 6.07) is 9.56. The van der Waals surface area contributed by atoms with E-state index in [2.05, 4.69) is 15.8 Å². The van der Waals surface area contributed by atoms with Crippen molar-refractivity contribution in [3.05, 3.63) is 57.0 Å². The summed E-state index contributed by atoms with van der Waals surface area (Å²) >= 11 is 17.7. The molecule has 0 aromatic heterocycles. The number of hydrogen-bond acceptors (Lipinski definition) is 4. The van der Waals surface area contributed by atoms with Gasteiger partial charge in [0.05, 0.1) is 29.1 Å². The van der Waals surface area contributed by atoms with E-state index in [1.54, 1.807) is 30.3 Å². The van der Waals surface area contributed by atoms with Crippen molar-refractivity contribution in [2.24, 2.45) is 5.10 Å². The molecular formula is C16H12Cl3N3O3. The van der Waals surface area contributed by atoms with Crippen LogP contribution in [-0.4, -0.2) is 25.1 Å². The van der Waals surface area contributed by atoms with E-state index in [1.165, 1.54) is 19.4 Å². The molecule has 25 heavy (non-hydrogen) atoms. The van der Waals surface area contributed by atoms with Crippen molar-refractivity contribution in [2.45, 2.75) is 0 Å². The third kappa shape index (κ3) is 5.09. The van der Waals surface area contributed by atoms with Gasteiger partial charge in [-0.05, 0) is 24.3 Å². The normalized spacial score (nSPS) is 10.6. The molecule has 6 nitrogen and oxygen atoms in total. The standard InChI is InChI=1S/C16H12Cl3N3O3/c1-25-13-6-5-10(17)7-12(13)21-15(23)16(24)22-20-8-9-3-2-4-11(18)14(9)19/h2-8H,1H3,(H,21,23)(H,22,24). The molecule has 0 unspecified atom stereocenters. The first-order valence-electron chi connectivity index (χ1n) is 6.84. The third-order valence-electron chi connectivity index (χ3n) is 2.97. The van der Waals surface area contributed by atoms with E-state index in [1.807, 2.05) is 0 Å². The molecule has 2 N–H and O–H groups in total. The molecule has 2 aromatic carbocycles. The van der Waals surface area contributed by atoms with Gasteiger partial charge in [0.1, 0.15) is 5.75 Å². The van der Waals surface area contributed by atoms with Crippen molar-refractivity contribution in [1.82, 2.24) is 5.43 Å². The Morgan fingerprint density at radius 3 is 2.60 bits per heavy atom. The zero-order valence-electron chi connectivity index (χ0n) is 12.8. The number of hydrazone groups is 1. The lowest BCUT2D eigenvalue weighted by Gasteiger charge is -2.09. The minimum Gasteiger partial charge on any atom is -0.495 e. The fourth-order valence-corrected chi connectivity index (χ4v) is 2.32. The van der Waals surface area contributed by atoms with Crippen LogP contribution < -0.4 is 15.5 Å². The second-order valence-electron chi connectivity index (χ2n) is 4.64. The van der Waals surface area contributed by atoms with E-state index in [4.69, 9.17) is 39.5 Å². The zero-order valence-corrected chi connectivity index (χ0v) is 15.1. The first-order valence-corrected chi connectivity index (χ1v) is 7.97. The molecular weight excluding hydrogens is 389 g/mol. The van der Waals surface area contributed by atoms with Crippen LogP contribution in [0, 0.1) is 0 Å². The number of carbonyl (C=O) groups excluding carboxylic acids is 2. The van der Waals surface area contributed by atoms with Gasteiger partial charge in [0.2, 0.25) is 0 Å². The summed E-state index contributed by atoms with van der Waals surface area (Å²) in [6.07, 6.45) is 1.28. The summed E-state index contributed by atoms with van der Waals surface area (Å²) in [5.41, 5.74) is 2.85. The molecule has 0 aliphatic heterocycles. The van der Waals surface area contributed by atoms with Gasteiger partial charge in [0.25, 0.3) is 0 Å². The van der Waals surface area contributed by atoms with Crippen molar-refractivity contribution in [1.29, 1.82) is 0 Å². The fraction of sp³-hybridized carbons (Fsp3) is 0.0625. The van der Waals surface area contributed by atoms with Gasteiger partial charge in [0, 0.05) is 10.6 Å². The largest absolute Gasteiger partial charge is 0.495 e. The topological polar surface area (TPSA) is 79.8 Å².